The lowest BCUT2D eigenvalue weighted by Gasteiger charge is -2.13. The third-order valence-corrected chi connectivity index (χ3v) is 5.83. The van der Waals surface area contributed by atoms with Crippen molar-refractivity contribution in [2.24, 2.45) is 12.9 Å². The highest BCUT2D eigenvalue weighted by Crippen LogP contribution is 2.35. The molecule has 3 aromatic rings. The first-order valence-corrected chi connectivity index (χ1v) is 9.73. The van der Waals surface area contributed by atoms with Gasteiger partial charge in [-0.25, -0.2) is 4.98 Å². The molecule has 150 valence electrons. The van der Waals surface area contributed by atoms with Crippen LogP contribution in [-0.4, -0.2) is 28.3 Å². The number of fused-ring (bicyclic) bond motifs is 1. The number of carbonyl (C=O) groups is 2. The van der Waals surface area contributed by atoms with Crippen LogP contribution in [0.4, 0.5) is 17.2 Å². The first kappa shape index (κ1) is 13.3. The van der Waals surface area contributed by atoms with Crippen LogP contribution in [0, 0.1) is 5.92 Å². The van der Waals surface area contributed by atoms with Crippen molar-refractivity contribution in [2.45, 2.75) is 12.8 Å². The van der Waals surface area contributed by atoms with E-state index in [4.69, 9.17) is 19.8 Å². The molecule has 1 saturated carbocycles. The van der Waals surface area contributed by atoms with Gasteiger partial charge in [-0.1, -0.05) is 11.6 Å². The summed E-state index contributed by atoms with van der Waals surface area (Å²) < 4.78 is 45.6. The molecule has 29 heavy (non-hydrogen) atoms. The predicted molar refractivity (Wildman–Crippen MR) is 114 cm³/mol. The van der Waals surface area contributed by atoms with Crippen LogP contribution in [0.5, 0.6) is 0 Å². The number of pyridine rings is 2. The van der Waals surface area contributed by atoms with E-state index in [-0.39, 0.29) is 45.0 Å². The van der Waals surface area contributed by atoms with E-state index in [1.807, 2.05) is 5.32 Å². The molecule has 1 aliphatic rings. The molecule has 0 bridgehead atoms. The molecule has 0 saturated heterocycles. The second-order valence-corrected chi connectivity index (χ2v) is 7.75. The van der Waals surface area contributed by atoms with Crippen molar-refractivity contribution in [3.8, 4) is 0 Å². The summed E-state index contributed by atoms with van der Waals surface area (Å²) in [5.41, 5.74) is -0.836. The minimum atomic E-state index is -2.78. The molecule has 3 heterocycles. The number of aromatic nitrogens is 2. The zero-order valence-electron chi connectivity index (χ0n) is 20.7. The molecule has 0 aromatic carbocycles. The van der Waals surface area contributed by atoms with Crippen LogP contribution >= 0.6 is 22.9 Å². The smallest absolute Gasteiger partial charge is 0.261 e. The fraction of sp³-hybridized carbons (Fsp3) is 0.263. The van der Waals surface area contributed by atoms with E-state index in [0.29, 0.717) is 9.27 Å². The molecule has 1 aliphatic carbocycles. The summed E-state index contributed by atoms with van der Waals surface area (Å²) in [7, 11) is 0. The van der Waals surface area contributed by atoms with Gasteiger partial charge in [0, 0.05) is 51.9 Å². The van der Waals surface area contributed by atoms with Gasteiger partial charge in [-0.3, -0.25) is 14.4 Å². The Hall–Kier alpha value is -2.91. The van der Waals surface area contributed by atoms with Crippen molar-refractivity contribution in [2.75, 3.05) is 17.6 Å². The Bertz CT molecular complexity index is 1400. The molecule has 0 aliphatic heterocycles. The highest BCUT2D eigenvalue weighted by molar-refractivity contribution is 7.18. The summed E-state index contributed by atoms with van der Waals surface area (Å²) in [6.07, 6.45) is 3.64. The van der Waals surface area contributed by atoms with Crippen LogP contribution in [0.3, 0.4) is 0 Å². The van der Waals surface area contributed by atoms with Gasteiger partial charge in [0.25, 0.3) is 11.5 Å². The zero-order chi connectivity index (χ0) is 25.7. The quantitative estimate of drug-likeness (QED) is 0.568. The Labute approximate surface area is 183 Å². The number of hydrogen-bond acceptors (Lipinski definition) is 6. The number of thiophene rings is 1. The van der Waals surface area contributed by atoms with Gasteiger partial charge in [0.15, 0.2) is 0 Å². The van der Waals surface area contributed by atoms with Gasteiger partial charge in [-0.15, -0.1) is 11.3 Å². The number of halogens is 1. The maximum atomic E-state index is 13.0. The van der Waals surface area contributed by atoms with Gasteiger partial charge in [0.05, 0.1) is 32.0 Å². The monoisotopic (exact) mass is 437 g/mol. The number of nitrogens with one attached hydrogen (secondary N) is 3. The normalized spacial score (nSPS) is 17.3. The minimum Gasteiger partial charge on any atom is -0.355 e. The second-order valence-electron chi connectivity index (χ2n) is 6.46. The number of amides is 2. The highest BCUT2D eigenvalue weighted by atomic mass is 35.5. The molecule has 2 amide bonds. The van der Waals surface area contributed by atoms with Crippen molar-refractivity contribution >= 4 is 62.0 Å². The second kappa shape index (κ2) is 7.49. The van der Waals surface area contributed by atoms with Crippen LogP contribution < -0.4 is 21.5 Å². The number of carbonyl (C=O) groups excluding carboxylic acids is 2. The Morgan fingerprint density at radius 2 is 2.21 bits per heavy atom. The zero-order valence-corrected chi connectivity index (χ0v) is 16.3. The van der Waals surface area contributed by atoms with Gasteiger partial charge in [0.1, 0.15) is 5.82 Å². The summed E-state index contributed by atoms with van der Waals surface area (Å²) in [6.45, 7) is -5.56. The Morgan fingerprint density at radius 1 is 1.38 bits per heavy atom. The SMILES string of the molecule is [2H]C([2H])([2H])NC(=O)c1cnc(NC(=O)C2CC2)cc1Nc1csc2c(Cl)cn(C([2H])([2H])[2H])c(=O)c12. The Balaban J connectivity index is 1.80. The summed E-state index contributed by atoms with van der Waals surface area (Å²) in [4.78, 5) is 41.8. The third kappa shape index (κ3) is 3.70. The Kier molecular flexibility index (Phi) is 3.45. The standard InChI is InChI=1S/C19H18ClN5O3S/c1-21-18(27)10-6-22-14(24-17(26)9-3-4-9)5-12(10)23-13-8-29-16-11(20)7-25(2)19(28)15(13)16/h5-9H,3-4H2,1-2H3,(H,21,27)(H2,22,23,24,26)/i1D3,2D3. The number of aryl methyl sites for hydroxylation is 1. The van der Waals surface area contributed by atoms with Crippen LogP contribution in [0.2, 0.25) is 5.02 Å². The van der Waals surface area contributed by atoms with Crippen molar-refractivity contribution in [1.29, 1.82) is 0 Å². The predicted octanol–water partition coefficient (Wildman–Crippen LogP) is 3.10. The molecule has 0 unspecified atom stereocenters. The molecule has 4 rings (SSSR count). The maximum Gasteiger partial charge on any atom is 0.261 e. The molecule has 0 atom stereocenters. The lowest BCUT2D eigenvalue weighted by atomic mass is 10.2. The summed E-state index contributed by atoms with van der Waals surface area (Å²) in [5, 5.41) is 8.91. The fourth-order valence-electron chi connectivity index (χ4n) is 2.78. The molecule has 10 heteroatoms. The van der Waals surface area contributed by atoms with Crippen molar-refractivity contribution in [1.82, 2.24) is 14.9 Å². The van der Waals surface area contributed by atoms with Crippen molar-refractivity contribution < 1.29 is 17.8 Å². The van der Waals surface area contributed by atoms with E-state index < -0.39 is 25.4 Å². The summed E-state index contributed by atoms with van der Waals surface area (Å²) in [5.74, 6) is -1.23. The lowest BCUT2D eigenvalue weighted by molar-refractivity contribution is -0.117. The van der Waals surface area contributed by atoms with E-state index in [1.54, 1.807) is 0 Å². The van der Waals surface area contributed by atoms with Crippen LogP contribution in [0.1, 0.15) is 31.4 Å². The van der Waals surface area contributed by atoms with E-state index in [0.717, 1.165) is 36.6 Å². The molecule has 3 N–H and O–H groups in total. The molecule has 0 radical (unpaired) electrons. The molecular formula is C19H18ClN5O3S. The van der Waals surface area contributed by atoms with Crippen molar-refractivity contribution in [3.05, 3.63) is 44.8 Å². The van der Waals surface area contributed by atoms with E-state index in [1.165, 1.54) is 11.4 Å². The Morgan fingerprint density at radius 3 is 2.93 bits per heavy atom. The lowest BCUT2D eigenvalue weighted by Crippen LogP contribution is -2.21. The van der Waals surface area contributed by atoms with Gasteiger partial charge < -0.3 is 20.5 Å². The van der Waals surface area contributed by atoms with Gasteiger partial charge in [0.2, 0.25) is 5.91 Å². The van der Waals surface area contributed by atoms with Crippen LogP contribution in [0.15, 0.2) is 28.6 Å². The average molecular weight is 438 g/mol. The van der Waals surface area contributed by atoms with Gasteiger partial charge in [-0.2, -0.15) is 0 Å². The largest absolute Gasteiger partial charge is 0.355 e. The maximum absolute atomic E-state index is 13.0. The highest BCUT2D eigenvalue weighted by Gasteiger charge is 2.30. The van der Waals surface area contributed by atoms with Gasteiger partial charge >= 0.3 is 0 Å². The minimum absolute atomic E-state index is 0.0267. The molecule has 3 aromatic heterocycles. The number of nitrogens with zero attached hydrogens (tertiary/aromatic N) is 2. The van der Waals surface area contributed by atoms with Crippen molar-refractivity contribution in [3.63, 3.8) is 0 Å². The van der Waals surface area contributed by atoms with E-state index in [9.17, 15) is 14.4 Å². The molecule has 0 spiro atoms. The van der Waals surface area contributed by atoms with Crippen LogP contribution in [0.25, 0.3) is 10.1 Å². The van der Waals surface area contributed by atoms with Gasteiger partial charge in [-0.05, 0) is 12.8 Å². The number of anilines is 3. The average Bonchev–Trinajstić information content (AvgIpc) is 3.49. The number of rotatable bonds is 5. The van der Waals surface area contributed by atoms with E-state index >= 15 is 0 Å². The fourth-order valence-corrected chi connectivity index (χ4v) is 4.00. The summed E-state index contributed by atoms with van der Waals surface area (Å²) >= 11 is 7.29. The van der Waals surface area contributed by atoms with Crippen LogP contribution in [-0.2, 0) is 11.8 Å². The third-order valence-electron chi connectivity index (χ3n) is 4.41. The summed E-state index contributed by atoms with van der Waals surface area (Å²) in [6, 6.07) is 1.32. The molecule has 1 fully saturated rings. The number of hydrogen-bond donors (Lipinski definition) is 3. The molecular weight excluding hydrogens is 414 g/mol. The first-order valence-electron chi connectivity index (χ1n) is 11.5. The van der Waals surface area contributed by atoms with E-state index in [2.05, 4.69) is 15.6 Å². The topological polar surface area (TPSA) is 105 Å². The first-order chi connectivity index (χ1) is 16.2. The molecule has 8 nitrogen and oxygen atoms in total.